The van der Waals surface area contributed by atoms with Gasteiger partial charge in [-0.2, -0.15) is 0 Å². The van der Waals surface area contributed by atoms with Gasteiger partial charge < -0.3 is 10.1 Å². The maximum Gasteiger partial charge on any atom is 0.270 e. The molecule has 1 aromatic carbocycles. The molecule has 0 unspecified atom stereocenters. The number of nitro groups is 1. The predicted molar refractivity (Wildman–Crippen MR) is 70.9 cm³/mol. The molecule has 0 aliphatic rings. The molecule has 1 rings (SSSR count). The van der Waals surface area contributed by atoms with Crippen LogP contribution in [0.2, 0.25) is 0 Å². The Morgan fingerprint density at radius 1 is 1.39 bits per heavy atom. The molecule has 0 fully saturated rings. The van der Waals surface area contributed by atoms with E-state index in [1.54, 1.807) is 19.2 Å². The Balaban J connectivity index is 2.61. The highest BCUT2D eigenvalue weighted by Gasteiger charge is 2.10. The summed E-state index contributed by atoms with van der Waals surface area (Å²) in [6.45, 7) is 3.66. The van der Waals surface area contributed by atoms with E-state index >= 15 is 0 Å². The van der Waals surface area contributed by atoms with Gasteiger partial charge in [-0.15, -0.1) is 0 Å². The summed E-state index contributed by atoms with van der Waals surface area (Å²) in [6.07, 6.45) is 3.49. The third-order valence-electron chi connectivity index (χ3n) is 2.75. The summed E-state index contributed by atoms with van der Waals surface area (Å²) in [7, 11) is 1.57. The van der Waals surface area contributed by atoms with Gasteiger partial charge in [0.05, 0.1) is 12.0 Å². The first kappa shape index (κ1) is 14.4. The van der Waals surface area contributed by atoms with Crippen molar-refractivity contribution < 1.29 is 9.66 Å². The van der Waals surface area contributed by atoms with Crippen LogP contribution in [0.5, 0.6) is 5.75 Å². The molecular weight excluding hydrogens is 232 g/mol. The number of hydrogen-bond donors (Lipinski definition) is 1. The van der Waals surface area contributed by atoms with Gasteiger partial charge in [-0.05, 0) is 19.0 Å². The molecule has 0 saturated heterocycles. The molecular formula is C13H20N2O3. The van der Waals surface area contributed by atoms with Gasteiger partial charge in [0.15, 0.2) is 0 Å². The van der Waals surface area contributed by atoms with Gasteiger partial charge in [-0.1, -0.05) is 19.8 Å². The minimum atomic E-state index is -0.389. The van der Waals surface area contributed by atoms with E-state index in [2.05, 4.69) is 12.2 Å². The number of nitrogens with one attached hydrogen (secondary N) is 1. The highest BCUT2D eigenvalue weighted by atomic mass is 16.6. The molecule has 0 aliphatic heterocycles. The van der Waals surface area contributed by atoms with Gasteiger partial charge in [0.25, 0.3) is 5.69 Å². The first-order valence-corrected chi connectivity index (χ1v) is 6.21. The van der Waals surface area contributed by atoms with E-state index in [0.29, 0.717) is 12.3 Å². The summed E-state index contributed by atoms with van der Waals surface area (Å²) >= 11 is 0. The molecule has 0 heterocycles. The molecule has 5 heteroatoms. The Hall–Kier alpha value is -1.62. The third-order valence-corrected chi connectivity index (χ3v) is 2.75. The van der Waals surface area contributed by atoms with Crippen LogP contribution in [0.25, 0.3) is 0 Å². The number of benzene rings is 1. The zero-order valence-electron chi connectivity index (χ0n) is 10.9. The van der Waals surface area contributed by atoms with Crippen molar-refractivity contribution in [1.29, 1.82) is 0 Å². The standard InChI is InChI=1S/C13H20N2O3/c1-3-4-5-8-14-10-11-9-12(15(16)17)6-7-13(11)18-2/h6-7,9,14H,3-5,8,10H2,1-2H3. The smallest absolute Gasteiger partial charge is 0.270 e. The van der Waals surface area contributed by atoms with Crippen molar-refractivity contribution in [2.45, 2.75) is 32.7 Å². The fourth-order valence-corrected chi connectivity index (χ4v) is 1.74. The van der Waals surface area contributed by atoms with Gasteiger partial charge in [0, 0.05) is 24.2 Å². The van der Waals surface area contributed by atoms with Crippen molar-refractivity contribution in [3.63, 3.8) is 0 Å². The highest BCUT2D eigenvalue weighted by molar-refractivity contribution is 5.43. The average Bonchev–Trinajstić information content (AvgIpc) is 2.38. The Kier molecular flexibility index (Phi) is 6.14. The summed E-state index contributed by atoms with van der Waals surface area (Å²) in [6, 6.07) is 4.66. The predicted octanol–water partition coefficient (Wildman–Crippen LogP) is 2.88. The fraction of sp³-hybridized carbons (Fsp3) is 0.538. The Bertz CT molecular complexity index is 394. The first-order chi connectivity index (χ1) is 8.69. The average molecular weight is 252 g/mol. The number of rotatable bonds is 8. The lowest BCUT2D eigenvalue weighted by molar-refractivity contribution is -0.384. The lowest BCUT2D eigenvalue weighted by Gasteiger charge is -2.09. The van der Waals surface area contributed by atoms with Crippen LogP contribution in [0, 0.1) is 10.1 Å². The maximum absolute atomic E-state index is 10.7. The zero-order valence-corrected chi connectivity index (χ0v) is 10.9. The summed E-state index contributed by atoms with van der Waals surface area (Å²) < 4.78 is 5.20. The second-order valence-corrected chi connectivity index (χ2v) is 4.14. The van der Waals surface area contributed by atoms with E-state index in [9.17, 15) is 10.1 Å². The summed E-state index contributed by atoms with van der Waals surface area (Å²) in [5.41, 5.74) is 0.921. The van der Waals surface area contributed by atoms with E-state index in [-0.39, 0.29) is 10.6 Å². The molecule has 0 aromatic heterocycles. The molecule has 1 N–H and O–H groups in total. The zero-order chi connectivity index (χ0) is 13.4. The van der Waals surface area contributed by atoms with Gasteiger partial charge in [0.1, 0.15) is 5.75 Å². The van der Waals surface area contributed by atoms with Gasteiger partial charge in [-0.25, -0.2) is 0 Å². The van der Waals surface area contributed by atoms with Crippen LogP contribution >= 0.6 is 0 Å². The molecule has 0 radical (unpaired) electrons. The first-order valence-electron chi connectivity index (χ1n) is 6.21. The van der Waals surface area contributed by atoms with Gasteiger partial charge in [0.2, 0.25) is 0 Å². The molecule has 0 aliphatic carbocycles. The quantitative estimate of drug-likeness (QED) is 0.439. The number of ether oxygens (including phenoxy) is 1. The molecule has 0 atom stereocenters. The lowest BCUT2D eigenvalue weighted by atomic mass is 10.1. The molecule has 0 bridgehead atoms. The van der Waals surface area contributed by atoms with Crippen LogP contribution in [0.3, 0.4) is 0 Å². The summed E-state index contributed by atoms with van der Waals surface area (Å²) in [4.78, 5) is 10.3. The van der Waals surface area contributed by atoms with Crippen LogP contribution < -0.4 is 10.1 Å². The number of hydrogen-bond acceptors (Lipinski definition) is 4. The molecule has 18 heavy (non-hydrogen) atoms. The summed E-state index contributed by atoms with van der Waals surface area (Å²) in [5.74, 6) is 0.684. The number of nitrogens with zero attached hydrogens (tertiary/aromatic N) is 1. The molecule has 0 amide bonds. The third kappa shape index (κ3) is 4.33. The minimum Gasteiger partial charge on any atom is -0.496 e. The normalized spacial score (nSPS) is 10.3. The van der Waals surface area contributed by atoms with Crippen molar-refractivity contribution in [1.82, 2.24) is 5.32 Å². The van der Waals surface area contributed by atoms with E-state index in [0.717, 1.165) is 18.5 Å². The number of nitro benzene ring substituents is 1. The Labute approximate surface area is 107 Å². The van der Waals surface area contributed by atoms with Crippen LogP contribution in [0.4, 0.5) is 5.69 Å². The van der Waals surface area contributed by atoms with Crippen molar-refractivity contribution in [2.24, 2.45) is 0 Å². The van der Waals surface area contributed by atoms with Crippen molar-refractivity contribution >= 4 is 5.69 Å². The topological polar surface area (TPSA) is 64.4 Å². The maximum atomic E-state index is 10.7. The molecule has 5 nitrogen and oxygen atoms in total. The van der Waals surface area contributed by atoms with Gasteiger partial charge >= 0.3 is 0 Å². The number of non-ortho nitro benzene ring substituents is 1. The van der Waals surface area contributed by atoms with Crippen LogP contribution in [-0.4, -0.2) is 18.6 Å². The number of methoxy groups -OCH3 is 1. The van der Waals surface area contributed by atoms with Crippen molar-refractivity contribution in [2.75, 3.05) is 13.7 Å². The van der Waals surface area contributed by atoms with Crippen molar-refractivity contribution in [3.8, 4) is 5.75 Å². The Morgan fingerprint density at radius 3 is 2.78 bits per heavy atom. The summed E-state index contributed by atoms with van der Waals surface area (Å²) in [5, 5.41) is 14.0. The second kappa shape index (κ2) is 7.66. The SMILES string of the molecule is CCCCCNCc1cc([N+](=O)[O-])ccc1OC. The monoisotopic (exact) mass is 252 g/mol. The molecule has 0 spiro atoms. The molecule has 1 aromatic rings. The highest BCUT2D eigenvalue weighted by Crippen LogP contribution is 2.23. The van der Waals surface area contributed by atoms with E-state index in [1.807, 2.05) is 0 Å². The largest absolute Gasteiger partial charge is 0.496 e. The fourth-order valence-electron chi connectivity index (χ4n) is 1.74. The van der Waals surface area contributed by atoms with E-state index in [1.165, 1.54) is 18.9 Å². The lowest BCUT2D eigenvalue weighted by Crippen LogP contribution is -2.15. The molecule has 0 saturated carbocycles. The van der Waals surface area contributed by atoms with Crippen LogP contribution in [0.1, 0.15) is 31.7 Å². The molecule has 100 valence electrons. The van der Waals surface area contributed by atoms with E-state index in [4.69, 9.17) is 4.74 Å². The second-order valence-electron chi connectivity index (χ2n) is 4.14. The van der Waals surface area contributed by atoms with E-state index < -0.39 is 0 Å². The number of unbranched alkanes of at least 4 members (excludes halogenated alkanes) is 2. The minimum absolute atomic E-state index is 0.0983. The van der Waals surface area contributed by atoms with Crippen LogP contribution in [0.15, 0.2) is 18.2 Å². The van der Waals surface area contributed by atoms with Crippen LogP contribution in [-0.2, 0) is 6.54 Å². The van der Waals surface area contributed by atoms with Crippen molar-refractivity contribution in [3.05, 3.63) is 33.9 Å². The Morgan fingerprint density at radius 2 is 2.17 bits per heavy atom. The van der Waals surface area contributed by atoms with Gasteiger partial charge in [-0.3, -0.25) is 10.1 Å².